The Kier molecular flexibility index (Phi) is 7.69. The van der Waals surface area contributed by atoms with Crippen LogP contribution in [-0.4, -0.2) is 60.1 Å². The van der Waals surface area contributed by atoms with Crippen LogP contribution < -0.4 is 10.6 Å². The number of hydrogen-bond donors (Lipinski definition) is 2. The number of urea groups is 1. The van der Waals surface area contributed by atoms with Crippen molar-refractivity contribution in [3.63, 3.8) is 0 Å². The van der Waals surface area contributed by atoms with Gasteiger partial charge in [-0.2, -0.15) is 18.3 Å². The van der Waals surface area contributed by atoms with Crippen LogP contribution in [0.5, 0.6) is 0 Å². The Labute approximate surface area is 211 Å². The van der Waals surface area contributed by atoms with Crippen molar-refractivity contribution < 1.29 is 31.5 Å². The summed E-state index contributed by atoms with van der Waals surface area (Å²) in [6, 6.07) is 6.81. The number of nitrogens with zero attached hydrogens (tertiary/aromatic N) is 3. The summed E-state index contributed by atoms with van der Waals surface area (Å²) < 4.78 is 75.1. The fourth-order valence-corrected chi connectivity index (χ4v) is 4.90. The number of carbonyl (C=O) groups is 1. The molecule has 37 heavy (non-hydrogen) atoms. The number of aromatic nitrogens is 2. The van der Waals surface area contributed by atoms with Crippen molar-refractivity contribution in [3.05, 3.63) is 66.0 Å². The minimum Gasteiger partial charge on any atom is -0.383 e. The number of nitrogens with one attached hydrogen (secondary N) is 2. The molecule has 0 bridgehead atoms. The van der Waals surface area contributed by atoms with E-state index in [1.54, 1.807) is 50.4 Å². The van der Waals surface area contributed by atoms with Crippen molar-refractivity contribution in [1.29, 1.82) is 0 Å². The molecule has 1 aromatic carbocycles. The molecule has 1 aliphatic heterocycles. The maximum Gasteiger partial charge on any atom is 0.437 e. The van der Waals surface area contributed by atoms with E-state index in [4.69, 9.17) is 4.74 Å². The average Bonchev–Trinajstić information content (AvgIpc) is 3.45. The first kappa shape index (κ1) is 26.8. The molecule has 2 heterocycles. The van der Waals surface area contributed by atoms with E-state index in [1.165, 1.54) is 0 Å². The van der Waals surface area contributed by atoms with E-state index in [0.29, 0.717) is 31.9 Å². The summed E-state index contributed by atoms with van der Waals surface area (Å²) in [5.74, 6) is -2.13. The molecule has 1 saturated heterocycles. The van der Waals surface area contributed by atoms with Crippen LogP contribution in [0.15, 0.2) is 60.3 Å². The van der Waals surface area contributed by atoms with Gasteiger partial charge in [0.25, 0.3) is 0 Å². The van der Waals surface area contributed by atoms with Crippen molar-refractivity contribution in [1.82, 2.24) is 20.0 Å². The number of methoxy groups -OCH3 is 1. The fraction of sp³-hybridized carbons (Fsp3) is 0.440. The Bertz CT molecular complexity index is 1180. The van der Waals surface area contributed by atoms with Crippen molar-refractivity contribution in [3.8, 4) is 5.69 Å². The van der Waals surface area contributed by atoms with E-state index >= 15 is 0 Å². The zero-order valence-electron chi connectivity index (χ0n) is 20.4. The van der Waals surface area contributed by atoms with Gasteiger partial charge in [0.1, 0.15) is 5.83 Å². The molecule has 12 heteroatoms. The first-order valence-corrected chi connectivity index (χ1v) is 11.7. The topological polar surface area (TPSA) is 71.4 Å². The van der Waals surface area contributed by atoms with Gasteiger partial charge in [-0.15, -0.1) is 0 Å². The summed E-state index contributed by atoms with van der Waals surface area (Å²) in [5, 5.41) is 8.68. The number of alkyl halides is 3. The lowest BCUT2D eigenvalue weighted by molar-refractivity contribution is -0.140. The lowest BCUT2D eigenvalue weighted by Crippen LogP contribution is -2.47. The first-order valence-electron chi connectivity index (χ1n) is 11.7. The van der Waals surface area contributed by atoms with Crippen LogP contribution in [0.3, 0.4) is 0 Å². The van der Waals surface area contributed by atoms with E-state index < -0.39 is 46.7 Å². The highest BCUT2D eigenvalue weighted by Gasteiger charge is 2.46. The summed E-state index contributed by atoms with van der Waals surface area (Å²) in [7, 11) is 1.55. The van der Waals surface area contributed by atoms with Gasteiger partial charge in [0.2, 0.25) is 0 Å². The number of likely N-dealkylation sites (tertiary alicyclic amines) is 1. The molecule has 0 radical (unpaired) electrons. The maximum atomic E-state index is 14.2. The SMILES string of the molecule is COCCN1C[C@@H](C2(C)C=CC(F)=C(F)C2)[C@H](NC(=O)Nc2cn(-c3ccccc3)nc2C(F)(F)F)C1. The maximum absolute atomic E-state index is 14.2. The Morgan fingerprint density at radius 2 is 1.95 bits per heavy atom. The average molecular weight is 526 g/mol. The number of hydrogen-bond acceptors (Lipinski definition) is 4. The Balaban J connectivity index is 1.54. The van der Waals surface area contributed by atoms with Crippen LogP contribution in [0, 0.1) is 11.3 Å². The Morgan fingerprint density at radius 1 is 1.22 bits per heavy atom. The monoisotopic (exact) mass is 525 g/mol. The van der Waals surface area contributed by atoms with Gasteiger partial charge >= 0.3 is 12.2 Å². The van der Waals surface area contributed by atoms with Gasteiger partial charge in [-0.25, -0.2) is 18.3 Å². The molecule has 0 spiro atoms. The van der Waals surface area contributed by atoms with Crippen LogP contribution in [0.25, 0.3) is 5.69 Å². The quantitative estimate of drug-likeness (QED) is 0.495. The number of carbonyl (C=O) groups excluding carboxylic acids is 1. The molecule has 0 saturated carbocycles. The number of halogens is 5. The van der Waals surface area contributed by atoms with E-state index in [-0.39, 0.29) is 12.3 Å². The van der Waals surface area contributed by atoms with Crippen molar-refractivity contribution in [2.75, 3.05) is 38.7 Å². The summed E-state index contributed by atoms with van der Waals surface area (Å²) in [6.07, 6.45) is -1.21. The molecule has 1 unspecified atom stereocenters. The minimum atomic E-state index is -4.80. The van der Waals surface area contributed by atoms with Crippen LogP contribution >= 0.6 is 0 Å². The molecular formula is C25H28F5N5O2. The number of ether oxygens (including phenoxy) is 1. The van der Waals surface area contributed by atoms with E-state index in [9.17, 15) is 26.7 Å². The van der Waals surface area contributed by atoms with Gasteiger partial charge < -0.3 is 15.4 Å². The molecule has 2 amide bonds. The van der Waals surface area contributed by atoms with Crippen LogP contribution in [0.1, 0.15) is 19.0 Å². The summed E-state index contributed by atoms with van der Waals surface area (Å²) in [6.45, 7) is 3.58. The molecule has 2 N–H and O–H groups in total. The van der Waals surface area contributed by atoms with Gasteiger partial charge in [-0.05, 0) is 23.6 Å². The van der Waals surface area contributed by atoms with Gasteiger partial charge in [0.15, 0.2) is 11.5 Å². The Morgan fingerprint density at radius 3 is 2.59 bits per heavy atom. The second-order valence-electron chi connectivity index (χ2n) is 9.50. The Hall–Kier alpha value is -3.25. The summed E-state index contributed by atoms with van der Waals surface area (Å²) in [5.41, 5.74) is -2.15. The van der Waals surface area contributed by atoms with Crippen molar-refractivity contribution in [2.45, 2.75) is 25.6 Å². The van der Waals surface area contributed by atoms with Gasteiger partial charge in [-0.3, -0.25) is 4.90 Å². The highest BCUT2D eigenvalue weighted by atomic mass is 19.4. The third kappa shape index (κ3) is 6.02. The number of allylic oxidation sites excluding steroid dienone is 4. The number of rotatable bonds is 7. The van der Waals surface area contributed by atoms with E-state index in [1.807, 2.05) is 4.90 Å². The molecular weight excluding hydrogens is 497 g/mol. The normalized spacial score (nSPS) is 24.5. The zero-order chi connectivity index (χ0) is 26.8. The largest absolute Gasteiger partial charge is 0.437 e. The predicted molar refractivity (Wildman–Crippen MR) is 127 cm³/mol. The predicted octanol–water partition coefficient (Wildman–Crippen LogP) is 5.08. The van der Waals surface area contributed by atoms with Crippen molar-refractivity contribution >= 4 is 11.7 Å². The molecule has 2 aromatic rings. The van der Waals surface area contributed by atoms with Crippen LogP contribution in [0.4, 0.5) is 32.4 Å². The zero-order valence-corrected chi connectivity index (χ0v) is 20.4. The smallest absolute Gasteiger partial charge is 0.383 e. The highest BCUT2D eigenvalue weighted by Crippen LogP contribution is 2.45. The third-order valence-corrected chi connectivity index (χ3v) is 6.83. The second kappa shape index (κ2) is 10.6. The lowest BCUT2D eigenvalue weighted by Gasteiger charge is -2.37. The fourth-order valence-electron chi connectivity index (χ4n) is 4.90. The highest BCUT2D eigenvalue weighted by molar-refractivity contribution is 5.90. The summed E-state index contributed by atoms with van der Waals surface area (Å²) in [4.78, 5) is 14.9. The van der Waals surface area contributed by atoms with E-state index in [0.717, 1.165) is 17.0 Å². The molecule has 3 atom stereocenters. The van der Waals surface area contributed by atoms with Crippen molar-refractivity contribution in [2.24, 2.45) is 11.3 Å². The van der Waals surface area contributed by atoms with E-state index in [2.05, 4.69) is 15.7 Å². The first-order chi connectivity index (χ1) is 17.5. The molecule has 1 aliphatic carbocycles. The molecule has 200 valence electrons. The molecule has 2 aliphatic rings. The minimum absolute atomic E-state index is 0.181. The number of para-hydroxylation sites is 1. The number of amides is 2. The van der Waals surface area contributed by atoms with Gasteiger partial charge in [0, 0.05) is 45.1 Å². The molecule has 1 aromatic heterocycles. The molecule has 1 fully saturated rings. The lowest BCUT2D eigenvalue weighted by atomic mass is 9.70. The van der Waals surface area contributed by atoms with Gasteiger partial charge in [0.05, 0.1) is 24.2 Å². The molecule has 7 nitrogen and oxygen atoms in total. The third-order valence-electron chi connectivity index (χ3n) is 6.83. The standard InChI is InChI=1S/C25H28F5N5O2/c1-24(9-8-18(26)19(27)12-24)17-13-34(10-11-37-2)14-20(17)31-23(36)32-21-15-35(16-6-4-3-5-7-16)33-22(21)25(28,29)30/h3-9,15,17,20H,10-14H2,1-2H3,(H2,31,32,36)/t17-,20-,24?/m1/s1. The molecule has 4 rings (SSSR count). The van der Waals surface area contributed by atoms with Crippen LogP contribution in [0.2, 0.25) is 0 Å². The van der Waals surface area contributed by atoms with Crippen LogP contribution in [-0.2, 0) is 10.9 Å². The summed E-state index contributed by atoms with van der Waals surface area (Å²) >= 11 is 0. The number of benzene rings is 1. The van der Waals surface area contributed by atoms with Gasteiger partial charge in [-0.1, -0.05) is 31.2 Å². The second-order valence-corrected chi connectivity index (χ2v) is 9.50. The number of anilines is 1.